The van der Waals surface area contributed by atoms with Crippen LogP contribution in [0.2, 0.25) is 0 Å². The Hall–Kier alpha value is -1.41. The fraction of sp³-hybridized carbons (Fsp3) is 0.278. The molecule has 1 aliphatic rings. The van der Waals surface area contributed by atoms with Gasteiger partial charge in [-0.2, -0.15) is 0 Å². The molecule has 20 heavy (non-hydrogen) atoms. The van der Waals surface area contributed by atoms with Gasteiger partial charge in [-0.3, -0.25) is 4.79 Å². The Morgan fingerprint density at radius 3 is 2.55 bits per heavy atom. The summed E-state index contributed by atoms with van der Waals surface area (Å²) < 4.78 is -0.596. The molecule has 2 heteroatoms. The molecule has 0 saturated carbocycles. The maximum absolute atomic E-state index is 12.8. The van der Waals surface area contributed by atoms with Gasteiger partial charge in [0.05, 0.1) is 0 Å². The summed E-state index contributed by atoms with van der Waals surface area (Å²) in [7, 11) is 0. The van der Waals surface area contributed by atoms with Gasteiger partial charge >= 0.3 is 0 Å². The van der Waals surface area contributed by atoms with Crippen LogP contribution in [0.4, 0.5) is 0 Å². The first-order chi connectivity index (χ1) is 9.52. The second kappa shape index (κ2) is 4.85. The van der Waals surface area contributed by atoms with E-state index in [1.54, 1.807) is 0 Å². The van der Waals surface area contributed by atoms with Gasteiger partial charge in [0.1, 0.15) is 4.32 Å². The maximum atomic E-state index is 12.8. The summed E-state index contributed by atoms with van der Waals surface area (Å²) >= 11 is 3.73. The number of Topliss-reactive ketones (excluding diaryl/α,β-unsaturated/α-hetero) is 1. The van der Waals surface area contributed by atoms with Crippen LogP contribution in [0.3, 0.4) is 0 Å². The van der Waals surface area contributed by atoms with Gasteiger partial charge in [-0.05, 0) is 29.0 Å². The lowest BCUT2D eigenvalue weighted by atomic mass is 9.91. The largest absolute Gasteiger partial charge is 0.292 e. The summed E-state index contributed by atoms with van der Waals surface area (Å²) in [6.07, 6.45) is 0.726. The zero-order valence-electron chi connectivity index (χ0n) is 11.7. The molecule has 0 aromatic heterocycles. The predicted octanol–water partition coefficient (Wildman–Crippen LogP) is 4.84. The Bertz CT molecular complexity index is 675. The number of hydrogen-bond donors (Lipinski definition) is 0. The highest BCUT2D eigenvalue weighted by molar-refractivity contribution is 9.10. The van der Waals surface area contributed by atoms with Crippen molar-refractivity contribution in [1.82, 2.24) is 0 Å². The highest BCUT2D eigenvalue weighted by Gasteiger charge is 2.44. The highest BCUT2D eigenvalue weighted by Crippen LogP contribution is 2.44. The smallest absolute Gasteiger partial charge is 0.184 e. The van der Waals surface area contributed by atoms with Crippen molar-refractivity contribution >= 4 is 21.7 Å². The first kappa shape index (κ1) is 13.6. The summed E-state index contributed by atoms with van der Waals surface area (Å²) in [4.78, 5) is 12.8. The zero-order chi connectivity index (χ0) is 14.3. The predicted molar refractivity (Wildman–Crippen MR) is 85.6 cm³/mol. The average molecular weight is 329 g/mol. The van der Waals surface area contributed by atoms with Crippen LogP contribution in [0.5, 0.6) is 0 Å². The third-order valence-corrected chi connectivity index (χ3v) is 5.17. The molecule has 102 valence electrons. The van der Waals surface area contributed by atoms with Crippen molar-refractivity contribution < 1.29 is 4.79 Å². The Kier molecular flexibility index (Phi) is 3.29. The molecule has 2 aromatic carbocycles. The molecule has 1 atom stereocenters. The molecule has 2 aromatic rings. The number of alkyl halides is 1. The van der Waals surface area contributed by atoms with Gasteiger partial charge in [-0.25, -0.2) is 0 Å². The van der Waals surface area contributed by atoms with Gasteiger partial charge in [0.15, 0.2) is 5.78 Å². The number of rotatable bonds is 2. The minimum Gasteiger partial charge on any atom is -0.292 e. The van der Waals surface area contributed by atoms with E-state index in [1.807, 2.05) is 36.4 Å². The first-order valence-electron chi connectivity index (χ1n) is 6.94. The molecule has 1 aliphatic carbocycles. The van der Waals surface area contributed by atoms with Gasteiger partial charge in [0, 0.05) is 5.56 Å². The lowest BCUT2D eigenvalue weighted by Gasteiger charge is -2.21. The molecule has 0 aliphatic heterocycles. The van der Waals surface area contributed by atoms with Crippen LogP contribution in [0.1, 0.15) is 46.8 Å². The van der Waals surface area contributed by atoms with Crippen LogP contribution in [0.25, 0.3) is 0 Å². The van der Waals surface area contributed by atoms with Crippen LogP contribution in [0, 0.1) is 0 Å². The lowest BCUT2D eigenvalue weighted by molar-refractivity contribution is 0.0960. The Balaban J connectivity index is 2.07. The fourth-order valence-corrected chi connectivity index (χ4v) is 3.59. The van der Waals surface area contributed by atoms with Crippen molar-refractivity contribution in [2.45, 2.75) is 30.5 Å². The van der Waals surface area contributed by atoms with Gasteiger partial charge in [-0.1, -0.05) is 78.3 Å². The van der Waals surface area contributed by atoms with Crippen molar-refractivity contribution in [2.24, 2.45) is 0 Å². The number of benzene rings is 2. The van der Waals surface area contributed by atoms with E-state index in [2.05, 4.69) is 41.9 Å². The topological polar surface area (TPSA) is 17.1 Å². The minimum atomic E-state index is -0.596. The van der Waals surface area contributed by atoms with Gasteiger partial charge in [0.25, 0.3) is 0 Å². The number of carbonyl (C=O) groups is 1. The molecule has 0 saturated heterocycles. The molecule has 0 spiro atoms. The van der Waals surface area contributed by atoms with Gasteiger partial charge in [-0.15, -0.1) is 0 Å². The van der Waals surface area contributed by atoms with E-state index in [4.69, 9.17) is 0 Å². The van der Waals surface area contributed by atoms with E-state index in [0.29, 0.717) is 5.92 Å². The quantitative estimate of drug-likeness (QED) is 0.721. The lowest BCUT2D eigenvalue weighted by Crippen LogP contribution is -2.25. The summed E-state index contributed by atoms with van der Waals surface area (Å²) in [5, 5.41) is 0. The average Bonchev–Trinajstić information content (AvgIpc) is 2.72. The van der Waals surface area contributed by atoms with E-state index in [1.165, 1.54) is 5.56 Å². The van der Waals surface area contributed by atoms with Crippen molar-refractivity contribution in [1.29, 1.82) is 0 Å². The summed E-state index contributed by atoms with van der Waals surface area (Å²) in [6.45, 7) is 4.34. The Morgan fingerprint density at radius 2 is 1.85 bits per heavy atom. The van der Waals surface area contributed by atoms with Crippen molar-refractivity contribution in [3.63, 3.8) is 0 Å². The second-order valence-electron chi connectivity index (χ2n) is 5.74. The fourth-order valence-electron chi connectivity index (χ4n) is 2.83. The van der Waals surface area contributed by atoms with Crippen molar-refractivity contribution in [2.75, 3.05) is 0 Å². The second-order valence-corrected chi connectivity index (χ2v) is 7.10. The number of halogens is 1. The van der Waals surface area contributed by atoms with E-state index in [-0.39, 0.29) is 5.78 Å². The molecular weight excluding hydrogens is 312 g/mol. The first-order valence-corrected chi connectivity index (χ1v) is 7.74. The molecule has 0 N–H and O–H groups in total. The van der Waals surface area contributed by atoms with Crippen molar-refractivity contribution in [3.05, 3.63) is 70.8 Å². The van der Waals surface area contributed by atoms with Crippen LogP contribution in [-0.4, -0.2) is 5.78 Å². The normalized spacial score (nSPS) is 21.3. The highest BCUT2D eigenvalue weighted by atomic mass is 79.9. The van der Waals surface area contributed by atoms with Crippen LogP contribution in [-0.2, 0) is 10.7 Å². The summed E-state index contributed by atoms with van der Waals surface area (Å²) in [5.74, 6) is 0.638. The molecule has 1 nitrogen and oxygen atoms in total. The van der Waals surface area contributed by atoms with E-state index >= 15 is 0 Å². The van der Waals surface area contributed by atoms with E-state index < -0.39 is 4.32 Å². The standard InChI is InChI=1S/C18H17BrO/c1-12(2)13-7-5-8-15(10-13)18(19)11-14-6-3-4-9-16(14)17(18)20/h3-10,12H,11H2,1-2H3. The maximum Gasteiger partial charge on any atom is 0.184 e. The Labute approximate surface area is 128 Å². The van der Waals surface area contributed by atoms with Crippen LogP contribution < -0.4 is 0 Å². The van der Waals surface area contributed by atoms with E-state index in [9.17, 15) is 4.79 Å². The monoisotopic (exact) mass is 328 g/mol. The molecule has 3 rings (SSSR count). The molecule has 0 amide bonds. The minimum absolute atomic E-state index is 0.175. The molecule has 0 bridgehead atoms. The van der Waals surface area contributed by atoms with Crippen LogP contribution >= 0.6 is 15.9 Å². The summed E-state index contributed by atoms with van der Waals surface area (Å²) in [6, 6.07) is 16.3. The number of carbonyl (C=O) groups excluding carboxylic acids is 1. The van der Waals surface area contributed by atoms with E-state index in [0.717, 1.165) is 23.1 Å². The third kappa shape index (κ3) is 2.03. The number of fused-ring (bicyclic) bond motifs is 1. The zero-order valence-corrected chi connectivity index (χ0v) is 13.3. The SMILES string of the molecule is CC(C)c1cccc(C2(Br)Cc3ccccc3C2=O)c1. The Morgan fingerprint density at radius 1 is 1.10 bits per heavy atom. The number of ketones is 1. The third-order valence-electron chi connectivity index (χ3n) is 4.07. The molecule has 1 unspecified atom stereocenters. The number of hydrogen-bond acceptors (Lipinski definition) is 1. The van der Waals surface area contributed by atoms with Crippen LogP contribution in [0.15, 0.2) is 48.5 Å². The molecule has 0 fully saturated rings. The molecule has 0 heterocycles. The summed E-state index contributed by atoms with van der Waals surface area (Å²) in [5.41, 5.74) is 4.30. The molecule has 0 radical (unpaired) electrons. The van der Waals surface area contributed by atoms with Gasteiger partial charge in [0.2, 0.25) is 0 Å². The van der Waals surface area contributed by atoms with Crippen molar-refractivity contribution in [3.8, 4) is 0 Å². The van der Waals surface area contributed by atoms with Gasteiger partial charge < -0.3 is 0 Å². The molecular formula is C18H17BrO.